The zero-order valence-corrected chi connectivity index (χ0v) is 20.4. The first kappa shape index (κ1) is 21.5. The smallest absolute Gasteiger partial charge is 0.272 e. The Morgan fingerprint density at radius 3 is 2.45 bits per heavy atom. The van der Waals surface area contributed by atoms with Crippen LogP contribution in [0.5, 0.6) is 17.2 Å². The minimum atomic E-state index is -0.291. The largest absolute Gasteiger partial charge is 0.493 e. The summed E-state index contributed by atoms with van der Waals surface area (Å²) in [5.74, 6) is 1.22. The number of carbonyl (C=O) groups is 1. The highest BCUT2D eigenvalue weighted by molar-refractivity contribution is 9.10. The van der Waals surface area contributed by atoms with Gasteiger partial charge in [0.15, 0.2) is 16.3 Å². The highest BCUT2D eigenvalue weighted by Gasteiger charge is 2.28. The number of nitrogens with one attached hydrogen (secondary N) is 1. The maximum absolute atomic E-state index is 13.4. The first-order valence-electron chi connectivity index (χ1n) is 9.89. The molecule has 0 aliphatic carbocycles. The number of hydrogen-bond acceptors (Lipinski definition) is 8. The van der Waals surface area contributed by atoms with Gasteiger partial charge in [-0.05, 0) is 18.2 Å². The van der Waals surface area contributed by atoms with E-state index in [9.17, 15) is 9.59 Å². The molecule has 11 heteroatoms. The molecule has 3 heterocycles. The standard InChI is InChI=1S/C22H19BrN4O5S/c1-30-15-7-12(8-16(31-2)18(15)32-3)26-9-24-22-27(10-26)21(29)19(33-22)17-13-6-11(23)4-5-14(13)25-20(17)28/h4-8H,9-10H2,1-3H3,(H,25,28)/b19-17-. The van der Waals surface area contributed by atoms with Crippen LogP contribution in [0.2, 0.25) is 0 Å². The summed E-state index contributed by atoms with van der Waals surface area (Å²) in [7, 11) is 4.65. The number of halogens is 1. The van der Waals surface area contributed by atoms with Gasteiger partial charge in [-0.25, -0.2) is 4.99 Å². The SMILES string of the molecule is COc1cc(N2CN=c3s/c(=C4\C(=O)Nc5ccc(Br)cc54)c(=O)n3C2)cc(OC)c1OC. The molecule has 2 aromatic carbocycles. The summed E-state index contributed by atoms with van der Waals surface area (Å²) in [6.07, 6.45) is 0. The van der Waals surface area contributed by atoms with E-state index < -0.39 is 0 Å². The van der Waals surface area contributed by atoms with Crippen LogP contribution in [-0.2, 0) is 11.5 Å². The summed E-state index contributed by atoms with van der Waals surface area (Å²) < 4.78 is 19.1. The lowest BCUT2D eigenvalue weighted by molar-refractivity contribution is -0.110. The molecule has 0 saturated heterocycles. The molecule has 0 radical (unpaired) electrons. The Morgan fingerprint density at radius 1 is 1.06 bits per heavy atom. The lowest BCUT2D eigenvalue weighted by atomic mass is 10.1. The summed E-state index contributed by atoms with van der Waals surface area (Å²) >= 11 is 4.67. The van der Waals surface area contributed by atoms with E-state index in [2.05, 4.69) is 26.2 Å². The Labute approximate surface area is 200 Å². The lowest BCUT2D eigenvalue weighted by Crippen LogP contribution is -2.43. The number of ether oxygens (including phenoxy) is 3. The second-order valence-corrected chi connectivity index (χ2v) is 9.22. The normalized spacial score (nSPS) is 16.0. The summed E-state index contributed by atoms with van der Waals surface area (Å²) in [4.78, 5) is 33.2. The molecule has 2 aliphatic rings. The van der Waals surface area contributed by atoms with Gasteiger partial charge in [-0.2, -0.15) is 0 Å². The van der Waals surface area contributed by atoms with Crippen molar-refractivity contribution in [1.29, 1.82) is 0 Å². The number of carbonyl (C=O) groups excluding carboxylic acids is 1. The third-order valence-electron chi connectivity index (χ3n) is 5.52. The topological polar surface area (TPSA) is 94.4 Å². The van der Waals surface area contributed by atoms with E-state index in [1.807, 2.05) is 35.2 Å². The first-order chi connectivity index (χ1) is 15.9. The Bertz CT molecular complexity index is 1450. The molecule has 5 rings (SSSR count). The minimum absolute atomic E-state index is 0.256. The van der Waals surface area contributed by atoms with Crippen LogP contribution in [0.3, 0.4) is 0 Å². The van der Waals surface area contributed by atoms with Crippen LogP contribution in [0.1, 0.15) is 5.56 Å². The number of rotatable bonds is 4. The highest BCUT2D eigenvalue weighted by Crippen LogP contribution is 2.41. The van der Waals surface area contributed by atoms with Crippen molar-refractivity contribution in [3.8, 4) is 17.2 Å². The van der Waals surface area contributed by atoms with Crippen molar-refractivity contribution in [2.45, 2.75) is 6.67 Å². The fourth-order valence-electron chi connectivity index (χ4n) is 3.94. The van der Waals surface area contributed by atoms with Crippen molar-refractivity contribution in [1.82, 2.24) is 4.57 Å². The van der Waals surface area contributed by atoms with E-state index in [-0.39, 0.29) is 18.1 Å². The maximum Gasteiger partial charge on any atom is 0.272 e. The summed E-state index contributed by atoms with van der Waals surface area (Å²) in [5.41, 5.74) is 2.27. The van der Waals surface area contributed by atoms with Gasteiger partial charge in [0.05, 0.1) is 26.9 Å². The zero-order valence-electron chi connectivity index (χ0n) is 18.0. The van der Waals surface area contributed by atoms with Gasteiger partial charge < -0.3 is 24.4 Å². The Kier molecular flexibility index (Phi) is 5.37. The van der Waals surface area contributed by atoms with Crippen molar-refractivity contribution in [2.75, 3.05) is 38.2 Å². The molecule has 0 spiro atoms. The molecule has 33 heavy (non-hydrogen) atoms. The van der Waals surface area contributed by atoms with Gasteiger partial charge >= 0.3 is 0 Å². The number of hydrogen-bond donors (Lipinski definition) is 1. The van der Waals surface area contributed by atoms with Crippen molar-refractivity contribution >= 4 is 50.1 Å². The number of amides is 1. The number of nitrogens with zero attached hydrogens (tertiary/aromatic N) is 3. The lowest BCUT2D eigenvalue weighted by Gasteiger charge is -2.27. The molecule has 170 valence electrons. The monoisotopic (exact) mass is 530 g/mol. The van der Waals surface area contributed by atoms with Crippen LogP contribution in [0.25, 0.3) is 5.57 Å². The molecular formula is C22H19BrN4O5S. The zero-order chi connectivity index (χ0) is 23.3. The third kappa shape index (κ3) is 3.47. The molecule has 1 N–H and O–H groups in total. The number of fused-ring (bicyclic) bond motifs is 2. The van der Waals surface area contributed by atoms with E-state index in [4.69, 9.17) is 14.2 Å². The molecule has 0 atom stereocenters. The van der Waals surface area contributed by atoms with E-state index in [1.165, 1.54) is 11.3 Å². The van der Waals surface area contributed by atoms with Gasteiger partial charge in [-0.1, -0.05) is 27.3 Å². The fourth-order valence-corrected chi connectivity index (χ4v) is 5.36. The highest BCUT2D eigenvalue weighted by atomic mass is 79.9. The van der Waals surface area contributed by atoms with Crippen LogP contribution < -0.4 is 39.3 Å². The molecule has 0 fully saturated rings. The summed E-state index contributed by atoms with van der Waals surface area (Å²) in [6.45, 7) is 0.606. The van der Waals surface area contributed by atoms with Crippen molar-refractivity contribution in [3.05, 3.63) is 60.1 Å². The fraction of sp³-hybridized carbons (Fsp3) is 0.227. The molecule has 9 nitrogen and oxygen atoms in total. The van der Waals surface area contributed by atoms with Crippen LogP contribution in [-0.4, -0.2) is 38.5 Å². The molecule has 0 saturated carbocycles. The number of benzene rings is 2. The Morgan fingerprint density at radius 2 is 1.79 bits per heavy atom. The van der Waals surface area contributed by atoms with Crippen LogP contribution in [0, 0.1) is 0 Å². The molecule has 3 aromatic rings. The minimum Gasteiger partial charge on any atom is -0.493 e. The van der Waals surface area contributed by atoms with Gasteiger partial charge in [0.25, 0.3) is 11.5 Å². The van der Waals surface area contributed by atoms with Gasteiger partial charge in [0.2, 0.25) is 5.75 Å². The second kappa shape index (κ2) is 8.23. The molecule has 1 amide bonds. The van der Waals surface area contributed by atoms with Crippen molar-refractivity contribution in [2.24, 2.45) is 4.99 Å². The molecular weight excluding hydrogens is 512 g/mol. The number of thiazole rings is 1. The van der Waals surface area contributed by atoms with Crippen molar-refractivity contribution < 1.29 is 19.0 Å². The van der Waals surface area contributed by atoms with Gasteiger partial charge in [0, 0.05) is 33.5 Å². The summed E-state index contributed by atoms with van der Waals surface area (Å²) in [6, 6.07) is 9.12. The van der Waals surface area contributed by atoms with Gasteiger partial charge in [0.1, 0.15) is 17.9 Å². The number of anilines is 2. The van der Waals surface area contributed by atoms with E-state index in [1.54, 1.807) is 25.9 Å². The van der Waals surface area contributed by atoms with E-state index in [0.29, 0.717) is 50.1 Å². The molecule has 0 unspecified atom stereocenters. The predicted molar refractivity (Wildman–Crippen MR) is 128 cm³/mol. The molecule has 2 aliphatic heterocycles. The molecule has 0 bridgehead atoms. The quantitative estimate of drug-likeness (QED) is 0.553. The number of methoxy groups -OCH3 is 3. The Balaban J connectivity index is 1.60. The van der Waals surface area contributed by atoms with Gasteiger partial charge in [-0.15, -0.1) is 0 Å². The second-order valence-electron chi connectivity index (χ2n) is 7.33. The predicted octanol–water partition coefficient (Wildman–Crippen LogP) is 1.90. The van der Waals surface area contributed by atoms with Gasteiger partial charge in [-0.3, -0.25) is 14.2 Å². The Hall–Kier alpha value is -3.31. The van der Waals surface area contributed by atoms with Crippen molar-refractivity contribution in [3.63, 3.8) is 0 Å². The third-order valence-corrected chi connectivity index (χ3v) is 7.13. The van der Waals surface area contributed by atoms with E-state index >= 15 is 0 Å². The van der Waals surface area contributed by atoms with E-state index in [0.717, 1.165) is 10.2 Å². The van der Waals surface area contributed by atoms with Crippen LogP contribution in [0.4, 0.5) is 11.4 Å². The average molecular weight is 531 g/mol. The average Bonchev–Trinajstić information content (AvgIpc) is 3.32. The van der Waals surface area contributed by atoms with Crippen LogP contribution >= 0.6 is 27.3 Å². The molecule has 1 aromatic heterocycles. The van der Waals surface area contributed by atoms with Crippen LogP contribution in [0.15, 0.2) is 44.6 Å². The maximum atomic E-state index is 13.4. The summed E-state index contributed by atoms with van der Waals surface area (Å²) in [5, 5.41) is 2.83. The first-order valence-corrected chi connectivity index (χ1v) is 11.5. The number of aromatic nitrogens is 1.